The van der Waals surface area contributed by atoms with Gasteiger partial charge in [0.25, 0.3) is 5.91 Å². The van der Waals surface area contributed by atoms with Crippen molar-refractivity contribution in [2.75, 3.05) is 18.0 Å². The fourth-order valence-corrected chi connectivity index (χ4v) is 6.27. The number of nitrogens with zero attached hydrogens (tertiary/aromatic N) is 2. The normalized spacial score (nSPS) is 23.1. The first-order chi connectivity index (χ1) is 21.7. The van der Waals surface area contributed by atoms with Crippen molar-refractivity contribution in [1.29, 1.82) is 0 Å². The molecule has 3 heterocycles. The Balaban J connectivity index is 1.08. The number of carbonyl (C=O) groups is 4. The number of esters is 2. The SMILES string of the molecule is CC1(C)CN(c2ccc(C(=O)OCc3ccccc3)cc2)C(=O)[C@@H]1OC(=O)[C@@H]1C[C@@H]2C=C[C@H]1N(C(=O)OCc1ccccc1)C2. The molecule has 2 saturated heterocycles. The molecule has 3 aromatic carbocycles. The predicted molar refractivity (Wildman–Crippen MR) is 166 cm³/mol. The second-order valence-corrected chi connectivity index (χ2v) is 12.5. The summed E-state index contributed by atoms with van der Waals surface area (Å²) in [6, 6.07) is 25.0. The van der Waals surface area contributed by atoms with Gasteiger partial charge in [-0.05, 0) is 47.7 Å². The monoisotopic (exact) mass is 608 g/mol. The first-order valence-electron chi connectivity index (χ1n) is 15.2. The van der Waals surface area contributed by atoms with Gasteiger partial charge in [-0.2, -0.15) is 0 Å². The minimum Gasteiger partial charge on any atom is -0.457 e. The molecule has 0 N–H and O–H groups in total. The zero-order valence-corrected chi connectivity index (χ0v) is 25.3. The van der Waals surface area contributed by atoms with E-state index in [1.54, 1.807) is 34.1 Å². The lowest BCUT2D eigenvalue weighted by molar-refractivity contribution is -0.166. The third-order valence-corrected chi connectivity index (χ3v) is 8.71. The molecule has 45 heavy (non-hydrogen) atoms. The zero-order chi connectivity index (χ0) is 31.6. The highest BCUT2D eigenvalue weighted by Gasteiger charge is 2.52. The van der Waals surface area contributed by atoms with Gasteiger partial charge in [0.05, 0.1) is 17.5 Å². The van der Waals surface area contributed by atoms with Crippen LogP contribution in [0.1, 0.15) is 41.8 Å². The van der Waals surface area contributed by atoms with Crippen LogP contribution in [0.2, 0.25) is 0 Å². The fourth-order valence-electron chi connectivity index (χ4n) is 6.27. The number of rotatable bonds is 8. The van der Waals surface area contributed by atoms with Crippen LogP contribution in [0.3, 0.4) is 0 Å². The topological polar surface area (TPSA) is 102 Å². The number of anilines is 1. The van der Waals surface area contributed by atoms with Crippen molar-refractivity contribution in [3.05, 3.63) is 114 Å². The molecule has 9 nitrogen and oxygen atoms in total. The van der Waals surface area contributed by atoms with Crippen molar-refractivity contribution in [3.8, 4) is 0 Å². The van der Waals surface area contributed by atoms with Gasteiger partial charge in [-0.25, -0.2) is 9.59 Å². The van der Waals surface area contributed by atoms with E-state index in [0.717, 1.165) is 11.1 Å². The molecule has 2 amide bonds. The average molecular weight is 609 g/mol. The molecule has 4 atom stereocenters. The highest BCUT2D eigenvalue weighted by molar-refractivity contribution is 6.01. The van der Waals surface area contributed by atoms with Crippen molar-refractivity contribution >= 4 is 29.6 Å². The number of piperidine rings is 1. The van der Waals surface area contributed by atoms with E-state index in [1.807, 2.05) is 86.7 Å². The molecule has 0 aromatic heterocycles. The van der Waals surface area contributed by atoms with Crippen molar-refractivity contribution < 1.29 is 33.4 Å². The minimum absolute atomic E-state index is 0.00138. The van der Waals surface area contributed by atoms with Gasteiger partial charge >= 0.3 is 18.0 Å². The Morgan fingerprint density at radius 1 is 0.822 bits per heavy atom. The Hall–Kier alpha value is -4.92. The van der Waals surface area contributed by atoms with E-state index < -0.39 is 41.5 Å². The number of hydrogen-bond donors (Lipinski definition) is 0. The highest BCUT2D eigenvalue weighted by Crippen LogP contribution is 2.40. The Labute approximate surface area is 262 Å². The molecule has 9 heteroatoms. The smallest absolute Gasteiger partial charge is 0.410 e. The second-order valence-electron chi connectivity index (χ2n) is 12.5. The van der Waals surface area contributed by atoms with E-state index in [2.05, 4.69) is 0 Å². The van der Waals surface area contributed by atoms with Gasteiger partial charge in [-0.3, -0.25) is 9.59 Å². The average Bonchev–Trinajstić information content (AvgIpc) is 3.30. The Morgan fingerprint density at radius 2 is 1.44 bits per heavy atom. The fraction of sp³-hybridized carbons (Fsp3) is 0.333. The molecular formula is C36H36N2O7. The third-order valence-electron chi connectivity index (χ3n) is 8.71. The van der Waals surface area contributed by atoms with Gasteiger partial charge in [0.15, 0.2) is 6.10 Å². The molecule has 0 unspecified atom stereocenters. The lowest BCUT2D eigenvalue weighted by atomic mass is 9.77. The summed E-state index contributed by atoms with van der Waals surface area (Å²) in [7, 11) is 0. The standard InChI is InChI=1S/C36H36N2O7/c1-36(2)23-38(28-16-14-27(15-17-28)33(40)43-21-24-9-5-3-6-10-24)32(39)31(36)45-34(41)29-19-26-13-18-30(29)37(20-26)35(42)44-22-25-11-7-4-8-12-25/h3-18,26,29-31H,19-23H2,1-2H3/t26-,29+,30+,31-/m0/s1. The Bertz CT molecular complexity index is 1590. The molecule has 232 valence electrons. The molecule has 2 bridgehead atoms. The van der Waals surface area contributed by atoms with E-state index in [1.165, 1.54) is 0 Å². The number of benzene rings is 3. The second kappa shape index (κ2) is 12.6. The van der Waals surface area contributed by atoms with Crippen LogP contribution < -0.4 is 4.90 Å². The molecule has 2 fully saturated rings. The van der Waals surface area contributed by atoms with Crippen LogP contribution in [-0.2, 0) is 37.0 Å². The van der Waals surface area contributed by atoms with Gasteiger partial charge in [0, 0.05) is 24.2 Å². The van der Waals surface area contributed by atoms with Gasteiger partial charge in [0.2, 0.25) is 0 Å². The summed E-state index contributed by atoms with van der Waals surface area (Å²) in [4.78, 5) is 56.0. The van der Waals surface area contributed by atoms with Crippen LogP contribution in [0.5, 0.6) is 0 Å². The van der Waals surface area contributed by atoms with Crippen LogP contribution in [0.25, 0.3) is 0 Å². The van der Waals surface area contributed by atoms with E-state index >= 15 is 0 Å². The molecule has 3 aliphatic heterocycles. The quantitative estimate of drug-likeness (QED) is 0.188. The molecular weight excluding hydrogens is 572 g/mol. The van der Waals surface area contributed by atoms with Crippen molar-refractivity contribution in [2.45, 2.75) is 45.6 Å². The van der Waals surface area contributed by atoms with Crippen molar-refractivity contribution in [2.24, 2.45) is 17.3 Å². The molecule has 0 radical (unpaired) electrons. The molecule has 7 rings (SSSR count). The molecule has 1 aliphatic carbocycles. The van der Waals surface area contributed by atoms with Crippen LogP contribution in [0, 0.1) is 17.3 Å². The summed E-state index contributed by atoms with van der Waals surface area (Å²) < 4.78 is 16.9. The summed E-state index contributed by atoms with van der Waals surface area (Å²) in [5, 5.41) is 0. The predicted octanol–water partition coefficient (Wildman–Crippen LogP) is 5.54. The number of fused-ring (bicyclic) bond motifs is 2. The minimum atomic E-state index is -0.997. The molecule has 0 saturated carbocycles. The lowest BCUT2D eigenvalue weighted by Crippen LogP contribution is -2.56. The largest absolute Gasteiger partial charge is 0.457 e. The van der Waals surface area contributed by atoms with E-state index in [-0.39, 0.29) is 25.0 Å². The number of carbonyl (C=O) groups excluding carboxylic acids is 4. The third kappa shape index (κ3) is 6.48. The summed E-state index contributed by atoms with van der Waals surface area (Å²) in [6.45, 7) is 4.88. The van der Waals surface area contributed by atoms with Crippen LogP contribution in [-0.4, -0.2) is 54.1 Å². The molecule has 0 spiro atoms. The summed E-state index contributed by atoms with van der Waals surface area (Å²) in [5.74, 6) is -1.89. The lowest BCUT2D eigenvalue weighted by Gasteiger charge is -2.44. The maximum atomic E-state index is 13.6. The first-order valence-corrected chi connectivity index (χ1v) is 15.2. The van der Waals surface area contributed by atoms with Gasteiger partial charge < -0.3 is 24.0 Å². The Morgan fingerprint density at radius 3 is 2.07 bits per heavy atom. The number of hydrogen-bond acceptors (Lipinski definition) is 7. The van der Waals surface area contributed by atoms with E-state index in [9.17, 15) is 19.2 Å². The Kier molecular flexibility index (Phi) is 8.43. The molecule has 3 aromatic rings. The maximum Gasteiger partial charge on any atom is 0.410 e. The summed E-state index contributed by atoms with van der Waals surface area (Å²) in [6.07, 6.45) is 2.96. The number of amides is 2. The van der Waals surface area contributed by atoms with Crippen molar-refractivity contribution in [3.63, 3.8) is 0 Å². The first kappa shape index (κ1) is 30.1. The molecule has 4 aliphatic rings. The number of ether oxygens (including phenoxy) is 3. The summed E-state index contributed by atoms with van der Waals surface area (Å²) in [5.41, 5.74) is 2.07. The van der Waals surface area contributed by atoms with Crippen LogP contribution >= 0.6 is 0 Å². The van der Waals surface area contributed by atoms with Crippen LogP contribution in [0.15, 0.2) is 97.1 Å². The van der Waals surface area contributed by atoms with Gasteiger partial charge in [-0.1, -0.05) is 86.7 Å². The highest BCUT2D eigenvalue weighted by atomic mass is 16.6. The summed E-state index contributed by atoms with van der Waals surface area (Å²) >= 11 is 0. The van der Waals surface area contributed by atoms with Gasteiger partial charge in [0.1, 0.15) is 13.2 Å². The van der Waals surface area contributed by atoms with Gasteiger partial charge in [-0.15, -0.1) is 0 Å². The maximum absolute atomic E-state index is 13.6. The van der Waals surface area contributed by atoms with E-state index in [4.69, 9.17) is 14.2 Å². The zero-order valence-electron chi connectivity index (χ0n) is 25.3. The van der Waals surface area contributed by atoms with Crippen LogP contribution in [0.4, 0.5) is 10.5 Å². The van der Waals surface area contributed by atoms with Crippen molar-refractivity contribution in [1.82, 2.24) is 4.90 Å². The van der Waals surface area contributed by atoms with E-state index in [0.29, 0.717) is 30.8 Å².